The lowest BCUT2D eigenvalue weighted by Gasteiger charge is -2.23. The largest absolute Gasteiger partial charge is 0.319 e. The number of hydrogen-bond acceptors (Lipinski definition) is 2. The zero-order valence-electron chi connectivity index (χ0n) is 12.8. The normalized spacial score (nSPS) is 18.5. The van der Waals surface area contributed by atoms with E-state index in [0.717, 1.165) is 6.54 Å². The van der Waals surface area contributed by atoms with Crippen molar-refractivity contribution in [1.29, 1.82) is 0 Å². The fourth-order valence-corrected chi connectivity index (χ4v) is 4.65. The second kappa shape index (κ2) is 6.67. The lowest BCUT2D eigenvalue weighted by atomic mass is 9.84. The molecule has 0 bridgehead atoms. The summed E-state index contributed by atoms with van der Waals surface area (Å²) in [6.07, 6.45) is 1.23. The fourth-order valence-electron chi connectivity index (χ4n) is 3.38. The number of hydrogen-bond donors (Lipinski definition) is 1. The molecule has 1 aliphatic rings. The average Bonchev–Trinajstić information content (AvgIpc) is 2.91. The maximum absolute atomic E-state index is 3.38. The average molecular weight is 297 g/mol. The molecule has 1 nitrogen and oxygen atoms in total. The molecule has 110 valence electrons. The Morgan fingerprint density at radius 2 is 1.90 bits per heavy atom. The quantitative estimate of drug-likeness (QED) is 0.867. The van der Waals surface area contributed by atoms with Crippen molar-refractivity contribution in [2.24, 2.45) is 0 Å². The molecular weight excluding hydrogens is 274 g/mol. The van der Waals surface area contributed by atoms with Crippen molar-refractivity contribution in [1.82, 2.24) is 5.32 Å². The molecule has 0 amide bonds. The minimum Gasteiger partial charge on any atom is -0.319 e. The second-order valence-electron chi connectivity index (χ2n) is 5.89. The zero-order chi connectivity index (χ0) is 14.7. The molecule has 2 aromatic carbocycles. The molecule has 2 atom stereocenters. The minimum absolute atomic E-state index is 0.591. The lowest BCUT2D eigenvalue weighted by molar-refractivity contribution is 0.536. The Morgan fingerprint density at radius 1 is 1.14 bits per heavy atom. The van der Waals surface area contributed by atoms with Crippen LogP contribution in [0.25, 0.3) is 0 Å². The van der Waals surface area contributed by atoms with E-state index in [1.807, 2.05) is 11.8 Å². The van der Waals surface area contributed by atoms with Gasteiger partial charge in [0.1, 0.15) is 0 Å². The highest BCUT2D eigenvalue weighted by atomic mass is 32.2. The molecule has 0 saturated carbocycles. The van der Waals surface area contributed by atoms with Gasteiger partial charge in [-0.3, -0.25) is 0 Å². The van der Waals surface area contributed by atoms with Gasteiger partial charge in [-0.05, 0) is 55.0 Å². The van der Waals surface area contributed by atoms with Crippen LogP contribution in [0, 0.1) is 6.92 Å². The van der Waals surface area contributed by atoms with E-state index in [4.69, 9.17) is 0 Å². The Kier molecular flexibility index (Phi) is 4.67. The summed E-state index contributed by atoms with van der Waals surface area (Å²) in [6, 6.07) is 17.7. The molecule has 1 aliphatic heterocycles. The Balaban J connectivity index is 1.82. The van der Waals surface area contributed by atoms with Crippen LogP contribution < -0.4 is 5.32 Å². The Labute approximate surface area is 132 Å². The summed E-state index contributed by atoms with van der Waals surface area (Å²) < 4.78 is 0. The van der Waals surface area contributed by atoms with Gasteiger partial charge in [-0.25, -0.2) is 0 Å². The zero-order valence-corrected chi connectivity index (χ0v) is 13.6. The highest BCUT2D eigenvalue weighted by Crippen LogP contribution is 2.43. The van der Waals surface area contributed by atoms with Gasteiger partial charge in [0, 0.05) is 17.2 Å². The van der Waals surface area contributed by atoms with Crippen LogP contribution in [0.1, 0.15) is 34.9 Å². The third kappa shape index (κ3) is 3.17. The van der Waals surface area contributed by atoms with E-state index in [1.165, 1.54) is 28.2 Å². The van der Waals surface area contributed by atoms with Gasteiger partial charge in [0.25, 0.3) is 0 Å². The predicted octanol–water partition coefficient (Wildman–Crippen LogP) is 4.58. The van der Waals surface area contributed by atoms with E-state index >= 15 is 0 Å². The fraction of sp³-hybridized carbons (Fsp3) is 0.368. The van der Waals surface area contributed by atoms with Crippen LogP contribution in [0.3, 0.4) is 0 Å². The van der Waals surface area contributed by atoms with Crippen molar-refractivity contribution < 1.29 is 0 Å². The van der Waals surface area contributed by atoms with Gasteiger partial charge in [0.05, 0.1) is 0 Å². The number of aryl methyl sites for hydroxylation is 1. The van der Waals surface area contributed by atoms with Gasteiger partial charge in [-0.2, -0.15) is 0 Å². The number of fused-ring (bicyclic) bond motifs is 1. The summed E-state index contributed by atoms with van der Waals surface area (Å²) in [5.41, 5.74) is 4.47. The van der Waals surface area contributed by atoms with Crippen LogP contribution in [0.4, 0.5) is 0 Å². The van der Waals surface area contributed by atoms with Crippen molar-refractivity contribution in [3.8, 4) is 0 Å². The first kappa shape index (κ1) is 14.7. The molecule has 0 spiro atoms. The van der Waals surface area contributed by atoms with Gasteiger partial charge < -0.3 is 5.32 Å². The van der Waals surface area contributed by atoms with E-state index in [9.17, 15) is 0 Å². The standard InChI is InChI=1S/C19H23NS/c1-14-7-3-4-8-17(14)15(12-20-2)11-16-13-21-19-10-6-5-9-18(16)19/h3-10,15-16,20H,11-13H2,1-2H3. The van der Waals surface area contributed by atoms with Crippen LogP contribution in [0.5, 0.6) is 0 Å². The summed E-state index contributed by atoms with van der Waals surface area (Å²) in [7, 11) is 2.06. The first-order chi connectivity index (χ1) is 10.3. The van der Waals surface area contributed by atoms with Crippen molar-refractivity contribution in [2.75, 3.05) is 19.3 Å². The van der Waals surface area contributed by atoms with Gasteiger partial charge in [0.15, 0.2) is 0 Å². The van der Waals surface area contributed by atoms with Crippen LogP contribution >= 0.6 is 11.8 Å². The summed E-state index contributed by atoms with van der Waals surface area (Å²) in [5.74, 6) is 2.50. The summed E-state index contributed by atoms with van der Waals surface area (Å²) >= 11 is 2.02. The van der Waals surface area contributed by atoms with Crippen molar-refractivity contribution >= 4 is 11.8 Å². The second-order valence-corrected chi connectivity index (χ2v) is 6.95. The molecule has 0 fully saturated rings. The van der Waals surface area contributed by atoms with Gasteiger partial charge in [-0.15, -0.1) is 11.8 Å². The molecule has 2 unspecified atom stereocenters. The first-order valence-electron chi connectivity index (χ1n) is 7.71. The lowest BCUT2D eigenvalue weighted by Crippen LogP contribution is -2.20. The molecule has 0 saturated heterocycles. The number of nitrogens with one attached hydrogen (secondary N) is 1. The molecule has 3 rings (SSSR count). The Morgan fingerprint density at radius 3 is 2.71 bits per heavy atom. The van der Waals surface area contributed by atoms with E-state index in [-0.39, 0.29) is 0 Å². The number of thioether (sulfide) groups is 1. The molecule has 1 heterocycles. The van der Waals surface area contributed by atoms with E-state index in [1.54, 1.807) is 5.56 Å². The Hall–Kier alpha value is -1.25. The molecule has 21 heavy (non-hydrogen) atoms. The van der Waals surface area contributed by atoms with Crippen LogP contribution in [0.15, 0.2) is 53.4 Å². The summed E-state index contributed by atoms with van der Waals surface area (Å²) in [5, 5.41) is 3.38. The van der Waals surface area contributed by atoms with E-state index < -0.39 is 0 Å². The summed E-state index contributed by atoms with van der Waals surface area (Å²) in [6.45, 7) is 3.28. The van der Waals surface area contributed by atoms with E-state index in [2.05, 4.69) is 67.8 Å². The third-order valence-electron chi connectivity index (χ3n) is 4.45. The maximum Gasteiger partial charge on any atom is 0.0107 e. The highest BCUT2D eigenvalue weighted by Gasteiger charge is 2.26. The van der Waals surface area contributed by atoms with Crippen molar-refractivity contribution in [3.05, 3.63) is 65.2 Å². The smallest absolute Gasteiger partial charge is 0.0107 e. The van der Waals surface area contributed by atoms with Crippen LogP contribution in [0.2, 0.25) is 0 Å². The maximum atomic E-state index is 3.38. The number of rotatable bonds is 5. The molecular formula is C19H23NS. The van der Waals surface area contributed by atoms with Crippen LogP contribution in [-0.2, 0) is 0 Å². The molecule has 2 heteroatoms. The van der Waals surface area contributed by atoms with Crippen molar-refractivity contribution in [2.45, 2.75) is 30.1 Å². The topological polar surface area (TPSA) is 12.0 Å². The monoisotopic (exact) mass is 297 g/mol. The van der Waals surface area contributed by atoms with Gasteiger partial charge >= 0.3 is 0 Å². The molecule has 1 N–H and O–H groups in total. The molecule has 0 radical (unpaired) electrons. The molecule has 0 aromatic heterocycles. The third-order valence-corrected chi connectivity index (χ3v) is 5.70. The van der Waals surface area contributed by atoms with Gasteiger partial charge in [0.2, 0.25) is 0 Å². The van der Waals surface area contributed by atoms with Crippen molar-refractivity contribution in [3.63, 3.8) is 0 Å². The van der Waals surface area contributed by atoms with Gasteiger partial charge in [-0.1, -0.05) is 42.5 Å². The predicted molar refractivity (Wildman–Crippen MR) is 92.4 cm³/mol. The Bertz CT molecular complexity index is 608. The molecule has 2 aromatic rings. The van der Waals surface area contributed by atoms with Crippen LogP contribution in [-0.4, -0.2) is 19.3 Å². The van der Waals surface area contributed by atoms with E-state index in [0.29, 0.717) is 11.8 Å². The SMILES string of the molecule is CNCC(CC1CSc2ccccc21)c1ccccc1C. The minimum atomic E-state index is 0.591. The number of benzene rings is 2. The highest BCUT2D eigenvalue weighted by molar-refractivity contribution is 7.99. The number of likely N-dealkylation sites (N-methyl/N-ethyl adjacent to an activating group) is 1. The first-order valence-corrected chi connectivity index (χ1v) is 8.70. The summed E-state index contributed by atoms with van der Waals surface area (Å²) in [4.78, 5) is 1.48. The molecule has 0 aliphatic carbocycles.